The fraction of sp³-hybridized carbons (Fsp3) is 0.200. The highest BCUT2D eigenvalue weighted by molar-refractivity contribution is 7.89. The van der Waals surface area contributed by atoms with E-state index in [1.54, 1.807) is 36.4 Å². The number of hydrogen-bond donors (Lipinski definition) is 2. The second-order valence-electron chi connectivity index (χ2n) is 7.72. The Morgan fingerprint density at radius 1 is 0.941 bits per heavy atom. The van der Waals surface area contributed by atoms with Crippen molar-refractivity contribution in [3.05, 3.63) is 90.0 Å². The van der Waals surface area contributed by atoms with Crippen molar-refractivity contribution >= 4 is 27.5 Å². The van der Waals surface area contributed by atoms with Crippen molar-refractivity contribution in [1.82, 2.24) is 9.62 Å². The zero-order valence-corrected chi connectivity index (χ0v) is 20.0. The molecule has 8 nitrogen and oxygen atoms in total. The number of nitrogens with zero attached hydrogens (tertiary/aromatic N) is 1. The van der Waals surface area contributed by atoms with Crippen LogP contribution in [-0.4, -0.2) is 51.8 Å². The molecule has 1 atom stereocenters. The Kier molecular flexibility index (Phi) is 8.04. The lowest BCUT2D eigenvalue weighted by Crippen LogP contribution is -2.45. The van der Waals surface area contributed by atoms with Crippen molar-refractivity contribution < 1.29 is 22.7 Å². The summed E-state index contributed by atoms with van der Waals surface area (Å²) in [6.07, 6.45) is 0.254. The van der Waals surface area contributed by atoms with Gasteiger partial charge in [-0.05, 0) is 35.9 Å². The SMILES string of the molecule is COc1ccc(NC(=O)[C@@H](Cc2ccccc2)NC(=O)c2ccccc2)cc1S(=O)(=O)N(C)C. The number of methoxy groups -OCH3 is 1. The molecule has 9 heteroatoms. The zero-order valence-electron chi connectivity index (χ0n) is 19.2. The van der Waals surface area contributed by atoms with Crippen molar-refractivity contribution in [3.8, 4) is 5.75 Å². The molecule has 0 saturated heterocycles. The van der Waals surface area contributed by atoms with Gasteiger partial charge in [-0.3, -0.25) is 9.59 Å². The number of ether oxygens (including phenoxy) is 1. The van der Waals surface area contributed by atoms with Gasteiger partial charge in [0.05, 0.1) is 7.11 Å². The first-order valence-corrected chi connectivity index (χ1v) is 12.0. The van der Waals surface area contributed by atoms with E-state index in [0.29, 0.717) is 5.56 Å². The predicted octanol–water partition coefficient (Wildman–Crippen LogP) is 2.93. The van der Waals surface area contributed by atoms with E-state index >= 15 is 0 Å². The molecule has 2 N–H and O–H groups in total. The molecule has 2 amide bonds. The Labute approximate surface area is 199 Å². The number of carbonyl (C=O) groups is 2. The van der Waals surface area contributed by atoms with Gasteiger partial charge in [-0.2, -0.15) is 0 Å². The van der Waals surface area contributed by atoms with E-state index in [1.165, 1.54) is 33.3 Å². The number of carbonyl (C=O) groups excluding carboxylic acids is 2. The normalized spacial score (nSPS) is 12.1. The summed E-state index contributed by atoms with van der Waals surface area (Å²) in [5.41, 5.74) is 1.55. The van der Waals surface area contributed by atoms with Gasteiger partial charge < -0.3 is 15.4 Å². The molecule has 0 aliphatic heterocycles. The van der Waals surface area contributed by atoms with Crippen LogP contribution in [-0.2, 0) is 21.2 Å². The molecule has 0 aromatic heterocycles. The van der Waals surface area contributed by atoms with Gasteiger partial charge in [0, 0.05) is 31.8 Å². The van der Waals surface area contributed by atoms with Gasteiger partial charge in [0.15, 0.2) is 0 Å². The van der Waals surface area contributed by atoms with Crippen LogP contribution in [0, 0.1) is 0 Å². The van der Waals surface area contributed by atoms with Crippen LogP contribution < -0.4 is 15.4 Å². The van der Waals surface area contributed by atoms with E-state index in [1.807, 2.05) is 30.3 Å². The summed E-state index contributed by atoms with van der Waals surface area (Å²) in [6, 6.07) is 21.4. The molecule has 3 aromatic carbocycles. The molecule has 3 rings (SSSR count). The van der Waals surface area contributed by atoms with E-state index < -0.39 is 22.0 Å². The lowest BCUT2D eigenvalue weighted by atomic mass is 10.0. The average molecular weight is 482 g/mol. The first-order chi connectivity index (χ1) is 16.2. The summed E-state index contributed by atoms with van der Waals surface area (Å²) in [5, 5.41) is 5.51. The van der Waals surface area contributed by atoms with E-state index in [0.717, 1.165) is 9.87 Å². The lowest BCUT2D eigenvalue weighted by Gasteiger charge is -2.20. The van der Waals surface area contributed by atoms with Gasteiger partial charge in [0.25, 0.3) is 5.91 Å². The molecule has 0 aliphatic rings. The van der Waals surface area contributed by atoms with E-state index in [9.17, 15) is 18.0 Å². The van der Waals surface area contributed by atoms with E-state index in [4.69, 9.17) is 4.74 Å². The van der Waals surface area contributed by atoms with Gasteiger partial charge in [0.2, 0.25) is 15.9 Å². The van der Waals surface area contributed by atoms with Crippen LogP contribution >= 0.6 is 0 Å². The highest BCUT2D eigenvalue weighted by Crippen LogP contribution is 2.29. The maximum Gasteiger partial charge on any atom is 0.251 e. The van der Waals surface area contributed by atoms with Crippen LogP contribution in [0.1, 0.15) is 15.9 Å². The van der Waals surface area contributed by atoms with Crippen molar-refractivity contribution in [2.75, 3.05) is 26.5 Å². The summed E-state index contributed by atoms with van der Waals surface area (Å²) >= 11 is 0. The summed E-state index contributed by atoms with van der Waals surface area (Å²) in [4.78, 5) is 25.9. The van der Waals surface area contributed by atoms with Crippen molar-refractivity contribution in [1.29, 1.82) is 0 Å². The molecule has 3 aromatic rings. The summed E-state index contributed by atoms with van der Waals surface area (Å²) in [6.45, 7) is 0. The largest absolute Gasteiger partial charge is 0.495 e. The van der Waals surface area contributed by atoms with Gasteiger partial charge in [-0.15, -0.1) is 0 Å². The molecular formula is C25H27N3O5S. The van der Waals surface area contributed by atoms with E-state index in [-0.39, 0.29) is 28.7 Å². The Morgan fingerprint density at radius 2 is 1.56 bits per heavy atom. The first-order valence-electron chi connectivity index (χ1n) is 10.5. The number of amides is 2. The van der Waals surface area contributed by atoms with Gasteiger partial charge in [0.1, 0.15) is 16.7 Å². The second-order valence-corrected chi connectivity index (χ2v) is 9.84. The topological polar surface area (TPSA) is 105 Å². The van der Waals surface area contributed by atoms with Crippen LogP contribution in [0.4, 0.5) is 5.69 Å². The van der Waals surface area contributed by atoms with Gasteiger partial charge in [-0.25, -0.2) is 12.7 Å². The molecule has 0 bridgehead atoms. The molecular weight excluding hydrogens is 454 g/mol. The Hall–Kier alpha value is -3.69. The van der Waals surface area contributed by atoms with Crippen LogP contribution in [0.25, 0.3) is 0 Å². The fourth-order valence-corrected chi connectivity index (χ4v) is 4.35. The maximum absolute atomic E-state index is 13.2. The average Bonchev–Trinajstić information content (AvgIpc) is 2.84. The van der Waals surface area contributed by atoms with Crippen molar-refractivity contribution in [2.45, 2.75) is 17.4 Å². The van der Waals surface area contributed by atoms with Gasteiger partial charge in [-0.1, -0.05) is 48.5 Å². The summed E-state index contributed by atoms with van der Waals surface area (Å²) in [5.74, 6) is -0.710. The third-order valence-corrected chi connectivity index (χ3v) is 6.97. The minimum Gasteiger partial charge on any atom is -0.495 e. The van der Waals surface area contributed by atoms with Crippen LogP contribution in [0.15, 0.2) is 83.8 Å². The molecule has 178 valence electrons. The van der Waals surface area contributed by atoms with Crippen LogP contribution in [0.3, 0.4) is 0 Å². The number of anilines is 1. The predicted molar refractivity (Wildman–Crippen MR) is 130 cm³/mol. The Balaban J connectivity index is 1.88. The monoisotopic (exact) mass is 481 g/mol. The molecule has 0 heterocycles. The molecule has 0 saturated carbocycles. The van der Waals surface area contributed by atoms with Gasteiger partial charge >= 0.3 is 0 Å². The number of hydrogen-bond acceptors (Lipinski definition) is 5. The number of benzene rings is 3. The summed E-state index contributed by atoms with van der Waals surface area (Å²) < 4.78 is 31.7. The Bertz CT molecular complexity index is 1250. The van der Waals surface area contributed by atoms with Crippen LogP contribution in [0.2, 0.25) is 0 Å². The lowest BCUT2D eigenvalue weighted by molar-refractivity contribution is -0.118. The molecule has 0 fully saturated rings. The minimum absolute atomic E-state index is 0.0780. The fourth-order valence-electron chi connectivity index (χ4n) is 3.27. The molecule has 0 radical (unpaired) electrons. The maximum atomic E-state index is 13.2. The Morgan fingerprint density at radius 3 is 2.15 bits per heavy atom. The highest BCUT2D eigenvalue weighted by atomic mass is 32.2. The minimum atomic E-state index is -3.81. The smallest absolute Gasteiger partial charge is 0.251 e. The molecule has 0 aliphatic carbocycles. The standard InChI is InChI=1S/C25H27N3O5S/c1-28(2)34(31,32)23-17-20(14-15-22(23)33-3)26-25(30)21(16-18-10-6-4-7-11-18)27-24(29)19-12-8-5-9-13-19/h4-15,17,21H,16H2,1-3H3,(H,26,30)(H,27,29)/t21-/m1/s1. The third kappa shape index (κ3) is 6.00. The third-order valence-electron chi connectivity index (χ3n) is 5.13. The quantitative estimate of drug-likeness (QED) is 0.489. The number of sulfonamides is 1. The van der Waals surface area contributed by atoms with E-state index in [2.05, 4.69) is 10.6 Å². The highest BCUT2D eigenvalue weighted by Gasteiger charge is 2.25. The summed E-state index contributed by atoms with van der Waals surface area (Å²) in [7, 11) is 0.381. The molecule has 0 unspecified atom stereocenters. The zero-order chi connectivity index (χ0) is 24.7. The van der Waals surface area contributed by atoms with Crippen LogP contribution in [0.5, 0.6) is 5.75 Å². The second kappa shape index (κ2) is 11.0. The van der Waals surface area contributed by atoms with Crippen molar-refractivity contribution in [2.24, 2.45) is 0 Å². The number of nitrogens with one attached hydrogen (secondary N) is 2. The molecule has 34 heavy (non-hydrogen) atoms. The van der Waals surface area contributed by atoms with Crippen molar-refractivity contribution in [3.63, 3.8) is 0 Å². The molecule has 0 spiro atoms. The first kappa shape index (κ1) is 24.9. The number of rotatable bonds is 9.